The Hall–Kier alpha value is -3.09. The molecular weight excluding hydrogens is 425 g/mol. The number of nitro groups is 1. The minimum absolute atomic E-state index is 0.00987. The van der Waals surface area contributed by atoms with Crippen LogP contribution in [0.1, 0.15) is 35.4 Å². The molecule has 150 valence electrons. The van der Waals surface area contributed by atoms with E-state index in [2.05, 4.69) is 0 Å². The Kier molecular flexibility index (Phi) is 4.60. The minimum atomic E-state index is -0.589. The van der Waals surface area contributed by atoms with Gasteiger partial charge < -0.3 is 4.74 Å². The molecule has 0 saturated carbocycles. The second-order valence-electron chi connectivity index (χ2n) is 7.16. The Morgan fingerprint density at radius 1 is 1.03 bits per heavy atom. The van der Waals surface area contributed by atoms with Crippen molar-refractivity contribution in [3.05, 3.63) is 104 Å². The van der Waals surface area contributed by atoms with Gasteiger partial charge in [-0.2, -0.15) is 5.10 Å². The normalized spacial score (nSPS) is 19.5. The molecule has 0 N–H and O–H groups in total. The molecule has 2 aliphatic rings. The Morgan fingerprint density at radius 3 is 2.57 bits per heavy atom. The van der Waals surface area contributed by atoms with E-state index in [1.54, 1.807) is 12.1 Å². The number of nitro benzene ring substituents is 1. The van der Waals surface area contributed by atoms with Gasteiger partial charge in [-0.15, -0.1) is 0 Å². The van der Waals surface area contributed by atoms with Gasteiger partial charge in [0, 0.05) is 39.7 Å². The van der Waals surface area contributed by atoms with Gasteiger partial charge in [0.1, 0.15) is 5.75 Å². The Balaban J connectivity index is 1.60. The van der Waals surface area contributed by atoms with Gasteiger partial charge in [0.25, 0.3) is 5.69 Å². The third-order valence-electron chi connectivity index (χ3n) is 5.30. The summed E-state index contributed by atoms with van der Waals surface area (Å²) in [5, 5.41) is 19.2. The highest BCUT2D eigenvalue weighted by molar-refractivity contribution is 6.31. The van der Waals surface area contributed by atoms with Crippen molar-refractivity contribution in [2.45, 2.75) is 18.7 Å². The van der Waals surface area contributed by atoms with E-state index >= 15 is 0 Å². The maximum Gasteiger partial charge on any atom is 0.269 e. The second kappa shape index (κ2) is 7.31. The first-order valence-corrected chi connectivity index (χ1v) is 10.1. The molecule has 30 heavy (non-hydrogen) atoms. The first-order valence-electron chi connectivity index (χ1n) is 9.32. The maximum absolute atomic E-state index is 11.3. The molecule has 0 aliphatic carbocycles. The summed E-state index contributed by atoms with van der Waals surface area (Å²) in [6.45, 7) is 0. The standard InChI is InChI=1S/C22H15Cl2N3O3/c23-15-6-4-13(5-7-15)19-12-20-18-11-16(24)8-9-21(18)30-22(26(20)25-19)14-2-1-3-17(10-14)27(28)29/h1-11,20,22H,12H2/t20-,22-/m0/s1. The molecule has 2 aliphatic heterocycles. The van der Waals surface area contributed by atoms with Crippen LogP contribution in [0.2, 0.25) is 10.0 Å². The van der Waals surface area contributed by atoms with Crippen LogP contribution in [-0.4, -0.2) is 15.6 Å². The molecule has 0 saturated heterocycles. The smallest absolute Gasteiger partial charge is 0.269 e. The van der Waals surface area contributed by atoms with Gasteiger partial charge in [-0.3, -0.25) is 10.1 Å². The molecule has 6 nitrogen and oxygen atoms in total. The van der Waals surface area contributed by atoms with Crippen molar-refractivity contribution in [2.75, 3.05) is 0 Å². The van der Waals surface area contributed by atoms with Crippen molar-refractivity contribution < 1.29 is 9.66 Å². The molecule has 2 atom stereocenters. The molecule has 8 heteroatoms. The SMILES string of the molecule is O=[N+]([O-])c1cccc([C@@H]2Oc3ccc(Cl)cc3[C@@H]3CC(c4ccc(Cl)cc4)=NN32)c1. The zero-order valence-electron chi connectivity index (χ0n) is 15.5. The van der Waals surface area contributed by atoms with Crippen molar-refractivity contribution in [3.8, 4) is 5.75 Å². The number of hydrogen-bond acceptors (Lipinski definition) is 5. The van der Waals surface area contributed by atoms with Gasteiger partial charge in [-0.25, -0.2) is 5.01 Å². The second-order valence-corrected chi connectivity index (χ2v) is 8.03. The number of ether oxygens (including phenoxy) is 1. The molecule has 2 heterocycles. The predicted molar refractivity (Wildman–Crippen MR) is 115 cm³/mol. The van der Waals surface area contributed by atoms with Gasteiger partial charge in [0.15, 0.2) is 0 Å². The average Bonchev–Trinajstić information content (AvgIpc) is 3.19. The maximum atomic E-state index is 11.3. The lowest BCUT2D eigenvalue weighted by atomic mass is 9.96. The number of hydrogen-bond donors (Lipinski definition) is 0. The van der Waals surface area contributed by atoms with Crippen LogP contribution in [0.15, 0.2) is 71.8 Å². The predicted octanol–water partition coefficient (Wildman–Crippen LogP) is 6.14. The van der Waals surface area contributed by atoms with Crippen LogP contribution in [0.3, 0.4) is 0 Å². The third kappa shape index (κ3) is 3.28. The highest BCUT2D eigenvalue weighted by Crippen LogP contribution is 2.48. The van der Waals surface area contributed by atoms with Crippen LogP contribution in [0.5, 0.6) is 5.75 Å². The minimum Gasteiger partial charge on any atom is -0.464 e. The fourth-order valence-electron chi connectivity index (χ4n) is 3.89. The fraction of sp³-hybridized carbons (Fsp3) is 0.136. The Morgan fingerprint density at radius 2 is 1.80 bits per heavy atom. The van der Waals surface area contributed by atoms with E-state index in [1.807, 2.05) is 47.5 Å². The molecule has 0 amide bonds. The Labute approximate surface area is 182 Å². The zero-order chi connectivity index (χ0) is 20.8. The Bertz CT molecular complexity index is 1180. The molecule has 3 aromatic rings. The number of non-ortho nitro benzene ring substituents is 1. The summed E-state index contributed by atoms with van der Waals surface area (Å²) in [6.07, 6.45) is 0.0670. The van der Waals surface area contributed by atoms with Crippen LogP contribution in [0.4, 0.5) is 5.69 Å². The third-order valence-corrected chi connectivity index (χ3v) is 5.78. The van der Waals surface area contributed by atoms with Crippen LogP contribution < -0.4 is 4.74 Å². The molecule has 0 fully saturated rings. The number of benzene rings is 3. The average molecular weight is 440 g/mol. The lowest BCUT2D eigenvalue weighted by Gasteiger charge is -2.38. The van der Waals surface area contributed by atoms with E-state index < -0.39 is 11.2 Å². The molecule has 0 radical (unpaired) electrons. The highest BCUT2D eigenvalue weighted by atomic mass is 35.5. The number of fused-ring (bicyclic) bond motifs is 3. The van der Waals surface area contributed by atoms with Gasteiger partial charge >= 0.3 is 0 Å². The summed E-state index contributed by atoms with van der Waals surface area (Å²) in [5.74, 6) is 0.699. The van der Waals surface area contributed by atoms with E-state index in [9.17, 15) is 10.1 Å². The van der Waals surface area contributed by atoms with Crippen molar-refractivity contribution in [2.24, 2.45) is 5.10 Å². The topological polar surface area (TPSA) is 68.0 Å². The van der Waals surface area contributed by atoms with Crippen LogP contribution >= 0.6 is 23.2 Å². The number of rotatable bonds is 3. The van der Waals surface area contributed by atoms with E-state index in [4.69, 9.17) is 33.0 Å². The van der Waals surface area contributed by atoms with Gasteiger partial charge in [-0.05, 0) is 35.9 Å². The zero-order valence-corrected chi connectivity index (χ0v) is 17.0. The van der Waals surface area contributed by atoms with Crippen LogP contribution in [0, 0.1) is 10.1 Å². The lowest BCUT2D eigenvalue weighted by molar-refractivity contribution is -0.385. The molecule has 0 bridgehead atoms. The van der Waals surface area contributed by atoms with Crippen LogP contribution in [0.25, 0.3) is 0 Å². The molecule has 0 spiro atoms. The quantitative estimate of drug-likeness (QED) is 0.362. The summed E-state index contributed by atoms with van der Waals surface area (Å²) in [6, 6.07) is 19.4. The van der Waals surface area contributed by atoms with Crippen molar-refractivity contribution in [1.82, 2.24) is 5.01 Å². The summed E-state index contributed by atoms with van der Waals surface area (Å²) < 4.78 is 6.24. The van der Waals surface area contributed by atoms with Crippen LogP contribution in [-0.2, 0) is 0 Å². The van der Waals surface area contributed by atoms with E-state index in [0.717, 1.165) is 16.8 Å². The fourth-order valence-corrected chi connectivity index (χ4v) is 4.19. The summed E-state index contributed by atoms with van der Waals surface area (Å²) in [5.41, 5.74) is 3.47. The monoisotopic (exact) mass is 439 g/mol. The first kappa shape index (κ1) is 18.9. The van der Waals surface area contributed by atoms with Crippen molar-refractivity contribution in [1.29, 1.82) is 0 Å². The lowest BCUT2D eigenvalue weighted by Crippen LogP contribution is -2.33. The first-order chi connectivity index (χ1) is 14.5. The molecule has 0 aromatic heterocycles. The largest absolute Gasteiger partial charge is 0.464 e. The summed E-state index contributed by atoms with van der Waals surface area (Å²) >= 11 is 12.3. The number of halogens is 2. The molecule has 5 rings (SSSR count). The molecular formula is C22H15Cl2N3O3. The number of hydrazone groups is 1. The summed E-state index contributed by atoms with van der Waals surface area (Å²) in [7, 11) is 0. The highest BCUT2D eigenvalue weighted by Gasteiger charge is 2.41. The summed E-state index contributed by atoms with van der Waals surface area (Å²) in [4.78, 5) is 10.8. The molecule has 0 unspecified atom stereocenters. The van der Waals surface area contributed by atoms with E-state index in [1.165, 1.54) is 12.1 Å². The van der Waals surface area contributed by atoms with Gasteiger partial charge in [0.2, 0.25) is 6.23 Å². The van der Waals surface area contributed by atoms with Gasteiger partial charge in [-0.1, -0.05) is 47.5 Å². The number of nitrogens with zero attached hydrogens (tertiary/aromatic N) is 3. The van der Waals surface area contributed by atoms with Crippen molar-refractivity contribution in [3.63, 3.8) is 0 Å². The van der Waals surface area contributed by atoms with Gasteiger partial charge in [0.05, 0.1) is 16.7 Å². The van der Waals surface area contributed by atoms with Crippen molar-refractivity contribution >= 4 is 34.6 Å². The van der Waals surface area contributed by atoms with E-state index in [0.29, 0.717) is 27.8 Å². The molecule has 3 aromatic carbocycles. The van der Waals surface area contributed by atoms with E-state index in [-0.39, 0.29) is 11.7 Å².